The molecule has 0 spiro atoms. The Morgan fingerprint density at radius 1 is 1.11 bits per heavy atom. The lowest BCUT2D eigenvalue weighted by atomic mass is 9.48. The Balaban J connectivity index is 1.35. The second kappa shape index (κ2) is 6.43. The van der Waals surface area contributed by atoms with Crippen molar-refractivity contribution in [3.05, 3.63) is 29.8 Å². The highest BCUT2D eigenvalue weighted by atomic mass is 32.2. The number of aromatic nitrogens is 4. The summed E-state index contributed by atoms with van der Waals surface area (Å²) in [6.45, 7) is 4.10. The minimum atomic E-state index is -0.114. The standard InChI is InChI=1S/C21H26N4OS/c1-13-3-5-18(6-4-13)25-20(22-23-24-25)27-14(2)19(26)21-10-15-7-16(11-21)9-17(8-15)12-21/h3-6,14-17H,7-12H2,1-2H3. The van der Waals surface area contributed by atoms with Gasteiger partial charge in [0.05, 0.1) is 10.9 Å². The van der Waals surface area contributed by atoms with E-state index in [1.54, 1.807) is 4.68 Å². The lowest BCUT2D eigenvalue weighted by molar-refractivity contribution is -0.142. The number of ketones is 1. The van der Waals surface area contributed by atoms with Crippen LogP contribution in [-0.2, 0) is 4.79 Å². The van der Waals surface area contributed by atoms with Gasteiger partial charge in [0.2, 0.25) is 5.16 Å². The summed E-state index contributed by atoms with van der Waals surface area (Å²) in [5.41, 5.74) is 2.07. The predicted octanol–water partition coefficient (Wildman–Crippen LogP) is 4.24. The number of hydrogen-bond acceptors (Lipinski definition) is 5. The monoisotopic (exact) mass is 382 g/mol. The molecule has 6 rings (SSSR count). The number of Topliss-reactive ketones (excluding diaryl/α,β-unsaturated/α-hetero) is 1. The molecule has 1 unspecified atom stereocenters. The highest BCUT2D eigenvalue weighted by Gasteiger charge is 2.55. The molecule has 0 radical (unpaired) electrons. The van der Waals surface area contributed by atoms with Crippen molar-refractivity contribution >= 4 is 17.5 Å². The van der Waals surface area contributed by atoms with Crippen molar-refractivity contribution in [3.8, 4) is 5.69 Å². The molecular weight excluding hydrogens is 356 g/mol. The van der Waals surface area contributed by atoms with Gasteiger partial charge in [0.25, 0.3) is 0 Å². The highest BCUT2D eigenvalue weighted by molar-refractivity contribution is 8.00. The Morgan fingerprint density at radius 2 is 1.70 bits per heavy atom. The van der Waals surface area contributed by atoms with Crippen molar-refractivity contribution in [3.63, 3.8) is 0 Å². The number of carbonyl (C=O) groups is 1. The van der Waals surface area contributed by atoms with Gasteiger partial charge in [-0.1, -0.05) is 29.5 Å². The molecule has 4 fully saturated rings. The van der Waals surface area contributed by atoms with Gasteiger partial charge < -0.3 is 0 Å². The second-order valence-electron chi connectivity index (χ2n) is 9.03. The van der Waals surface area contributed by atoms with Crippen LogP contribution in [0.25, 0.3) is 5.69 Å². The summed E-state index contributed by atoms with van der Waals surface area (Å²) in [5.74, 6) is 2.80. The number of tetrazole rings is 1. The van der Waals surface area contributed by atoms with Crippen molar-refractivity contribution in [1.82, 2.24) is 20.2 Å². The van der Waals surface area contributed by atoms with E-state index in [0.717, 1.165) is 42.7 Å². The molecule has 0 amide bonds. The minimum Gasteiger partial charge on any atom is -0.298 e. The summed E-state index contributed by atoms with van der Waals surface area (Å²) >= 11 is 1.51. The topological polar surface area (TPSA) is 60.7 Å². The van der Waals surface area contributed by atoms with Crippen LogP contribution in [0.2, 0.25) is 0 Å². The fraction of sp³-hybridized carbons (Fsp3) is 0.619. The molecule has 142 valence electrons. The van der Waals surface area contributed by atoms with Crippen LogP contribution in [-0.4, -0.2) is 31.2 Å². The maximum atomic E-state index is 13.5. The zero-order valence-electron chi connectivity index (χ0n) is 16.0. The molecule has 6 heteroatoms. The largest absolute Gasteiger partial charge is 0.298 e. The SMILES string of the molecule is Cc1ccc(-n2nnnc2SC(C)C(=O)C23CC4CC(CC(C4)C2)C3)cc1. The number of thioether (sulfide) groups is 1. The van der Waals surface area contributed by atoms with Crippen molar-refractivity contribution in [2.24, 2.45) is 23.2 Å². The molecule has 0 saturated heterocycles. The van der Waals surface area contributed by atoms with Crippen LogP contribution in [0.1, 0.15) is 51.0 Å². The average molecular weight is 383 g/mol. The Labute approximate surface area is 164 Å². The van der Waals surface area contributed by atoms with Gasteiger partial charge in [-0.2, -0.15) is 4.68 Å². The maximum absolute atomic E-state index is 13.5. The summed E-state index contributed by atoms with van der Waals surface area (Å²) in [4.78, 5) is 13.5. The Kier molecular flexibility index (Phi) is 4.15. The zero-order chi connectivity index (χ0) is 18.6. The fourth-order valence-corrected chi connectivity index (χ4v) is 7.15. The molecule has 4 bridgehead atoms. The molecule has 1 atom stereocenters. The molecule has 4 saturated carbocycles. The normalized spacial score (nSPS) is 32.6. The summed E-state index contributed by atoms with van der Waals surface area (Å²) in [6, 6.07) is 8.13. The highest BCUT2D eigenvalue weighted by Crippen LogP contribution is 2.61. The van der Waals surface area contributed by atoms with Crippen LogP contribution in [0.15, 0.2) is 29.4 Å². The molecule has 4 aliphatic rings. The molecule has 1 aromatic carbocycles. The quantitative estimate of drug-likeness (QED) is 0.724. The maximum Gasteiger partial charge on any atom is 0.214 e. The number of rotatable bonds is 5. The second-order valence-corrected chi connectivity index (χ2v) is 10.3. The van der Waals surface area contributed by atoms with Gasteiger partial charge in [0.15, 0.2) is 5.78 Å². The zero-order valence-corrected chi connectivity index (χ0v) is 16.8. The predicted molar refractivity (Wildman–Crippen MR) is 105 cm³/mol. The molecule has 1 aromatic heterocycles. The molecular formula is C21H26N4OS. The Hall–Kier alpha value is -1.69. The minimum absolute atomic E-state index is 0.0662. The lowest BCUT2D eigenvalue weighted by Crippen LogP contribution is -2.51. The van der Waals surface area contributed by atoms with E-state index in [1.165, 1.54) is 36.6 Å². The summed E-state index contributed by atoms with van der Waals surface area (Å²) in [7, 11) is 0. The smallest absolute Gasteiger partial charge is 0.214 e. The van der Waals surface area contributed by atoms with Crippen LogP contribution in [0, 0.1) is 30.1 Å². The number of aryl methyl sites for hydroxylation is 1. The van der Waals surface area contributed by atoms with E-state index in [2.05, 4.69) is 34.6 Å². The number of carbonyl (C=O) groups excluding carboxylic acids is 1. The number of benzene rings is 1. The van der Waals surface area contributed by atoms with Crippen molar-refractivity contribution in [1.29, 1.82) is 0 Å². The van der Waals surface area contributed by atoms with E-state index in [-0.39, 0.29) is 10.7 Å². The molecule has 2 aromatic rings. The van der Waals surface area contributed by atoms with Gasteiger partial charge in [-0.3, -0.25) is 4.79 Å². The van der Waals surface area contributed by atoms with E-state index < -0.39 is 0 Å². The van der Waals surface area contributed by atoms with Gasteiger partial charge in [0.1, 0.15) is 0 Å². The third kappa shape index (κ3) is 3.02. The molecule has 1 heterocycles. The first-order chi connectivity index (χ1) is 13.0. The number of nitrogens with zero attached hydrogens (tertiary/aromatic N) is 4. The Bertz CT molecular complexity index is 824. The number of hydrogen-bond donors (Lipinski definition) is 0. The van der Waals surface area contributed by atoms with Crippen molar-refractivity contribution < 1.29 is 4.79 Å². The summed E-state index contributed by atoms with van der Waals surface area (Å²) in [5, 5.41) is 12.8. The molecule has 5 nitrogen and oxygen atoms in total. The van der Waals surface area contributed by atoms with Crippen molar-refractivity contribution in [2.45, 2.75) is 62.8 Å². The van der Waals surface area contributed by atoms with Crippen LogP contribution >= 0.6 is 11.8 Å². The van der Waals surface area contributed by atoms with Crippen LogP contribution < -0.4 is 0 Å². The van der Waals surface area contributed by atoms with Gasteiger partial charge in [0, 0.05) is 5.41 Å². The molecule has 0 N–H and O–H groups in total. The van der Waals surface area contributed by atoms with Gasteiger partial charge in [-0.15, -0.1) is 5.10 Å². The van der Waals surface area contributed by atoms with Crippen LogP contribution in [0.3, 0.4) is 0 Å². The van der Waals surface area contributed by atoms with E-state index in [1.807, 2.05) is 19.1 Å². The van der Waals surface area contributed by atoms with Gasteiger partial charge in [-0.05, 0) is 92.7 Å². The lowest BCUT2D eigenvalue weighted by Gasteiger charge is -2.56. The average Bonchev–Trinajstić information content (AvgIpc) is 3.08. The first kappa shape index (κ1) is 17.4. The van der Waals surface area contributed by atoms with Gasteiger partial charge >= 0.3 is 0 Å². The Morgan fingerprint density at radius 3 is 2.30 bits per heavy atom. The summed E-state index contributed by atoms with van der Waals surface area (Å²) < 4.78 is 1.74. The van der Waals surface area contributed by atoms with Crippen LogP contribution in [0.4, 0.5) is 0 Å². The fourth-order valence-electron chi connectivity index (χ4n) is 6.16. The third-order valence-corrected chi connectivity index (χ3v) is 7.96. The first-order valence-electron chi connectivity index (χ1n) is 10.1. The van der Waals surface area contributed by atoms with E-state index in [4.69, 9.17) is 0 Å². The van der Waals surface area contributed by atoms with Gasteiger partial charge in [-0.25, -0.2) is 0 Å². The summed E-state index contributed by atoms with van der Waals surface area (Å²) in [6.07, 6.45) is 7.43. The van der Waals surface area contributed by atoms with E-state index in [0.29, 0.717) is 10.9 Å². The van der Waals surface area contributed by atoms with Crippen LogP contribution in [0.5, 0.6) is 0 Å². The van der Waals surface area contributed by atoms with Crippen molar-refractivity contribution in [2.75, 3.05) is 0 Å². The molecule has 4 aliphatic carbocycles. The molecule has 0 aliphatic heterocycles. The third-order valence-electron chi connectivity index (χ3n) is 6.93. The first-order valence-corrected chi connectivity index (χ1v) is 11.0. The molecule has 27 heavy (non-hydrogen) atoms. The van der Waals surface area contributed by atoms with E-state index >= 15 is 0 Å². The van der Waals surface area contributed by atoms with E-state index in [9.17, 15) is 4.79 Å².